The zero-order valence-corrected chi connectivity index (χ0v) is 12.9. The highest BCUT2D eigenvalue weighted by Crippen LogP contribution is 2.33. The van der Waals surface area contributed by atoms with Gasteiger partial charge in [0.2, 0.25) is 5.88 Å². The zero-order chi connectivity index (χ0) is 16.1. The van der Waals surface area contributed by atoms with Gasteiger partial charge in [-0.2, -0.15) is 0 Å². The van der Waals surface area contributed by atoms with E-state index in [1.165, 1.54) is 12.1 Å². The summed E-state index contributed by atoms with van der Waals surface area (Å²) in [6.07, 6.45) is 5.13. The fraction of sp³-hybridized carbons (Fsp3) is 0.412. The molecule has 2 aromatic rings. The van der Waals surface area contributed by atoms with E-state index in [4.69, 9.17) is 9.84 Å². The standard InChI is InChI=1S/C17H20FN3O2/c18-14-2-1-3-15(12-14)23-17-16(19-6-7-20-17)13-4-8-21(9-5-13)10-11-22/h1-3,6-7,12-13,22H,4-5,8-11H2. The number of hydrogen-bond donors (Lipinski definition) is 1. The van der Waals surface area contributed by atoms with Gasteiger partial charge in [0, 0.05) is 30.9 Å². The Kier molecular flexibility index (Phi) is 5.15. The molecule has 0 amide bonds. The summed E-state index contributed by atoms with van der Waals surface area (Å²) in [7, 11) is 0. The predicted molar refractivity (Wildman–Crippen MR) is 84.0 cm³/mol. The molecule has 122 valence electrons. The number of rotatable bonds is 5. The molecule has 0 aliphatic carbocycles. The first-order chi connectivity index (χ1) is 11.3. The zero-order valence-electron chi connectivity index (χ0n) is 12.9. The fourth-order valence-corrected chi connectivity index (χ4v) is 2.91. The molecule has 0 bridgehead atoms. The van der Waals surface area contributed by atoms with Gasteiger partial charge in [0.1, 0.15) is 17.3 Å². The largest absolute Gasteiger partial charge is 0.437 e. The highest BCUT2D eigenvalue weighted by molar-refractivity contribution is 5.31. The molecule has 1 saturated heterocycles. The van der Waals surface area contributed by atoms with E-state index in [9.17, 15) is 4.39 Å². The van der Waals surface area contributed by atoms with Crippen LogP contribution < -0.4 is 4.74 Å². The summed E-state index contributed by atoms with van der Waals surface area (Å²) in [4.78, 5) is 11.0. The molecule has 0 radical (unpaired) electrons. The number of likely N-dealkylation sites (tertiary alicyclic amines) is 1. The molecule has 0 spiro atoms. The van der Waals surface area contributed by atoms with Crippen LogP contribution in [0.4, 0.5) is 4.39 Å². The molecule has 3 rings (SSSR count). The van der Waals surface area contributed by atoms with Crippen LogP contribution in [0, 0.1) is 5.82 Å². The minimum absolute atomic E-state index is 0.184. The summed E-state index contributed by atoms with van der Waals surface area (Å²) in [5.74, 6) is 0.788. The Morgan fingerprint density at radius 3 is 2.74 bits per heavy atom. The Morgan fingerprint density at radius 1 is 1.22 bits per heavy atom. The molecule has 6 heteroatoms. The van der Waals surface area contributed by atoms with E-state index in [0.29, 0.717) is 18.2 Å². The number of aliphatic hydroxyl groups excluding tert-OH is 1. The number of aromatic nitrogens is 2. The first kappa shape index (κ1) is 15.8. The Balaban J connectivity index is 1.74. The second-order valence-corrected chi connectivity index (χ2v) is 5.65. The monoisotopic (exact) mass is 317 g/mol. The Hall–Kier alpha value is -2.05. The highest BCUT2D eigenvalue weighted by Gasteiger charge is 2.25. The molecule has 0 saturated carbocycles. The van der Waals surface area contributed by atoms with Crippen molar-refractivity contribution in [3.63, 3.8) is 0 Å². The van der Waals surface area contributed by atoms with Crippen molar-refractivity contribution in [1.82, 2.24) is 14.9 Å². The van der Waals surface area contributed by atoms with Gasteiger partial charge in [0.25, 0.3) is 0 Å². The van der Waals surface area contributed by atoms with Gasteiger partial charge >= 0.3 is 0 Å². The molecule has 0 atom stereocenters. The molecule has 1 aromatic carbocycles. The molecule has 1 aliphatic rings. The number of ether oxygens (including phenoxy) is 1. The molecule has 1 aromatic heterocycles. The van der Waals surface area contributed by atoms with Crippen LogP contribution in [0.5, 0.6) is 11.6 Å². The number of benzene rings is 1. The van der Waals surface area contributed by atoms with Crippen molar-refractivity contribution in [2.75, 3.05) is 26.2 Å². The Labute approximate surface area is 134 Å². The van der Waals surface area contributed by atoms with Gasteiger partial charge in [-0.1, -0.05) is 6.07 Å². The lowest BCUT2D eigenvalue weighted by Crippen LogP contribution is -2.35. The molecule has 1 fully saturated rings. The van der Waals surface area contributed by atoms with Crippen molar-refractivity contribution in [3.8, 4) is 11.6 Å². The quantitative estimate of drug-likeness (QED) is 0.918. The second kappa shape index (κ2) is 7.48. The van der Waals surface area contributed by atoms with E-state index in [1.54, 1.807) is 24.5 Å². The molecule has 1 aliphatic heterocycles. The molecular weight excluding hydrogens is 297 g/mol. The number of hydrogen-bond acceptors (Lipinski definition) is 5. The van der Waals surface area contributed by atoms with Crippen LogP contribution in [-0.2, 0) is 0 Å². The highest BCUT2D eigenvalue weighted by atomic mass is 19.1. The van der Waals surface area contributed by atoms with E-state index < -0.39 is 0 Å². The maximum Gasteiger partial charge on any atom is 0.241 e. The van der Waals surface area contributed by atoms with Crippen LogP contribution in [0.25, 0.3) is 0 Å². The Morgan fingerprint density at radius 2 is 2.00 bits per heavy atom. The minimum atomic E-state index is -0.342. The third kappa shape index (κ3) is 4.03. The molecule has 0 unspecified atom stereocenters. The second-order valence-electron chi connectivity index (χ2n) is 5.65. The molecule has 2 heterocycles. The minimum Gasteiger partial charge on any atom is -0.437 e. The third-order valence-electron chi connectivity index (χ3n) is 4.09. The normalized spacial score (nSPS) is 16.4. The van der Waals surface area contributed by atoms with Crippen molar-refractivity contribution in [2.45, 2.75) is 18.8 Å². The fourth-order valence-electron chi connectivity index (χ4n) is 2.91. The lowest BCUT2D eigenvalue weighted by atomic mass is 9.93. The van der Waals surface area contributed by atoms with Crippen LogP contribution in [0.15, 0.2) is 36.7 Å². The van der Waals surface area contributed by atoms with Gasteiger partial charge in [0.15, 0.2) is 0 Å². The number of piperidine rings is 1. The summed E-state index contributed by atoms with van der Waals surface area (Å²) < 4.78 is 19.0. The lowest BCUT2D eigenvalue weighted by Gasteiger charge is -2.31. The molecule has 1 N–H and O–H groups in total. The third-order valence-corrected chi connectivity index (χ3v) is 4.09. The molecule has 5 nitrogen and oxygen atoms in total. The van der Waals surface area contributed by atoms with Crippen LogP contribution in [0.1, 0.15) is 24.5 Å². The van der Waals surface area contributed by atoms with Crippen molar-refractivity contribution >= 4 is 0 Å². The van der Waals surface area contributed by atoms with Gasteiger partial charge in [-0.15, -0.1) is 0 Å². The van der Waals surface area contributed by atoms with Crippen molar-refractivity contribution in [1.29, 1.82) is 0 Å². The topological polar surface area (TPSA) is 58.5 Å². The van der Waals surface area contributed by atoms with E-state index in [2.05, 4.69) is 14.9 Å². The summed E-state index contributed by atoms with van der Waals surface area (Å²) in [5, 5.41) is 9.02. The smallest absolute Gasteiger partial charge is 0.241 e. The van der Waals surface area contributed by atoms with Crippen LogP contribution >= 0.6 is 0 Å². The molecule has 23 heavy (non-hydrogen) atoms. The summed E-state index contributed by atoms with van der Waals surface area (Å²) >= 11 is 0. The average molecular weight is 317 g/mol. The van der Waals surface area contributed by atoms with Crippen molar-refractivity contribution in [3.05, 3.63) is 48.2 Å². The van der Waals surface area contributed by atoms with Crippen LogP contribution in [0.3, 0.4) is 0 Å². The van der Waals surface area contributed by atoms with Gasteiger partial charge in [-0.3, -0.25) is 4.98 Å². The summed E-state index contributed by atoms with van der Waals surface area (Å²) in [6, 6.07) is 6.02. The summed E-state index contributed by atoms with van der Waals surface area (Å²) in [5.41, 5.74) is 0.820. The van der Waals surface area contributed by atoms with E-state index in [1.807, 2.05) is 0 Å². The average Bonchev–Trinajstić information content (AvgIpc) is 2.57. The predicted octanol–water partition coefficient (Wildman–Crippen LogP) is 2.58. The van der Waals surface area contributed by atoms with Gasteiger partial charge in [-0.25, -0.2) is 9.37 Å². The first-order valence-electron chi connectivity index (χ1n) is 7.84. The maximum absolute atomic E-state index is 13.3. The van der Waals surface area contributed by atoms with Gasteiger partial charge in [0.05, 0.1) is 6.61 Å². The number of β-amino-alcohol motifs (C(OH)–C–C–N with tert-alkyl or cyclic N) is 1. The lowest BCUT2D eigenvalue weighted by molar-refractivity contribution is 0.163. The van der Waals surface area contributed by atoms with Crippen molar-refractivity contribution < 1.29 is 14.2 Å². The van der Waals surface area contributed by atoms with Crippen LogP contribution in [-0.4, -0.2) is 46.2 Å². The number of halogens is 1. The van der Waals surface area contributed by atoms with Crippen molar-refractivity contribution in [2.24, 2.45) is 0 Å². The van der Waals surface area contributed by atoms with Gasteiger partial charge < -0.3 is 14.7 Å². The number of aliphatic hydroxyl groups is 1. The van der Waals surface area contributed by atoms with E-state index in [0.717, 1.165) is 31.6 Å². The maximum atomic E-state index is 13.3. The number of nitrogens with zero attached hydrogens (tertiary/aromatic N) is 3. The SMILES string of the molecule is OCCN1CCC(c2nccnc2Oc2cccc(F)c2)CC1. The van der Waals surface area contributed by atoms with Crippen LogP contribution in [0.2, 0.25) is 0 Å². The Bertz CT molecular complexity index is 645. The summed E-state index contributed by atoms with van der Waals surface area (Å²) in [6.45, 7) is 2.73. The van der Waals surface area contributed by atoms with E-state index >= 15 is 0 Å². The van der Waals surface area contributed by atoms with E-state index in [-0.39, 0.29) is 18.3 Å². The van der Waals surface area contributed by atoms with Gasteiger partial charge in [-0.05, 0) is 38.1 Å². The molecular formula is C17H20FN3O2. The first-order valence-corrected chi connectivity index (χ1v) is 7.84.